The second-order valence-corrected chi connectivity index (χ2v) is 6.56. The summed E-state index contributed by atoms with van der Waals surface area (Å²) in [5.74, 6) is -3.40. The lowest BCUT2D eigenvalue weighted by molar-refractivity contribution is -0.159. The fourth-order valence-corrected chi connectivity index (χ4v) is 2.12. The number of aryl methyl sites for hydroxylation is 2. The van der Waals surface area contributed by atoms with Gasteiger partial charge >= 0.3 is 11.9 Å². The summed E-state index contributed by atoms with van der Waals surface area (Å²) < 4.78 is 0. The average Bonchev–Trinajstić information content (AvgIpc) is 2.65. The van der Waals surface area contributed by atoms with Crippen LogP contribution in [0.15, 0.2) is 48.5 Å². The van der Waals surface area contributed by atoms with Gasteiger partial charge in [-0.3, -0.25) is 4.79 Å². The lowest BCUT2D eigenvalue weighted by Gasteiger charge is -2.08. The van der Waals surface area contributed by atoms with Gasteiger partial charge in [-0.25, -0.2) is 9.59 Å². The van der Waals surface area contributed by atoms with Gasteiger partial charge in [-0.05, 0) is 76.7 Å². The maximum Gasteiger partial charge on any atom is 0.414 e. The predicted molar refractivity (Wildman–Crippen MR) is 111 cm³/mol. The molecule has 0 atom stereocenters. The zero-order valence-corrected chi connectivity index (χ0v) is 17.3. The van der Waals surface area contributed by atoms with Crippen molar-refractivity contribution in [3.63, 3.8) is 0 Å². The number of ketones is 1. The summed E-state index contributed by atoms with van der Waals surface area (Å²) in [4.78, 5) is 31.3. The first-order valence-corrected chi connectivity index (χ1v) is 9.00. The molecule has 158 valence electrons. The molecule has 2 rings (SSSR count). The van der Waals surface area contributed by atoms with E-state index in [1.165, 1.54) is 37.9 Å². The molecule has 0 unspecified atom stereocenters. The molecule has 0 radical (unpaired) electrons. The summed E-state index contributed by atoms with van der Waals surface area (Å²) in [5, 5.41) is 23.9. The number of carboxylic acids is 2. The van der Waals surface area contributed by atoms with E-state index in [4.69, 9.17) is 24.9 Å². The summed E-state index contributed by atoms with van der Waals surface area (Å²) in [7, 11) is 4.23. The summed E-state index contributed by atoms with van der Waals surface area (Å²) >= 11 is 0. The maximum absolute atomic E-state index is 10.8. The number of aliphatic carboxylic acids is 2. The van der Waals surface area contributed by atoms with E-state index in [0.717, 1.165) is 5.56 Å². The first kappa shape index (κ1) is 25.8. The fourth-order valence-electron chi connectivity index (χ4n) is 2.12. The topological polar surface area (TPSA) is 115 Å². The van der Waals surface area contributed by atoms with Crippen molar-refractivity contribution in [2.24, 2.45) is 0 Å². The molecule has 0 aliphatic rings. The quantitative estimate of drug-likeness (QED) is 0.518. The van der Waals surface area contributed by atoms with Crippen LogP contribution in [0.2, 0.25) is 0 Å². The first-order valence-electron chi connectivity index (χ1n) is 9.00. The largest absolute Gasteiger partial charge is 0.508 e. The van der Waals surface area contributed by atoms with Gasteiger partial charge in [0.15, 0.2) is 5.78 Å². The summed E-state index contributed by atoms with van der Waals surface area (Å²) in [6.07, 6.45) is 2.44. The fraction of sp³-hybridized carbons (Fsp3) is 0.318. The van der Waals surface area contributed by atoms with Gasteiger partial charge in [-0.2, -0.15) is 0 Å². The first-order chi connectivity index (χ1) is 13.5. The third kappa shape index (κ3) is 12.8. The molecule has 0 fully saturated rings. The molecule has 0 spiro atoms. The van der Waals surface area contributed by atoms with E-state index in [0.29, 0.717) is 5.56 Å². The van der Waals surface area contributed by atoms with Crippen LogP contribution in [0.25, 0.3) is 0 Å². The molecule has 2 aromatic carbocycles. The van der Waals surface area contributed by atoms with Crippen LogP contribution in [-0.2, 0) is 16.0 Å². The molecule has 29 heavy (non-hydrogen) atoms. The van der Waals surface area contributed by atoms with E-state index in [-0.39, 0.29) is 11.5 Å². The van der Waals surface area contributed by atoms with Crippen LogP contribution < -0.4 is 0 Å². The van der Waals surface area contributed by atoms with Gasteiger partial charge in [-0.15, -0.1) is 0 Å². The van der Waals surface area contributed by atoms with Crippen LogP contribution in [0.3, 0.4) is 0 Å². The normalized spacial score (nSPS) is 9.55. The standard InChI is InChI=1S/C11H17N.C9H10O2.C2H2O4/c1-12(2)10-6-9-11-7-4-3-5-8-11;1-6-5-8(7(2)10)3-4-9(6)11;3-1(4)2(5)6/h3-5,7-8H,6,9-10H2,1-2H3;3-5,11H,1-2H3;(H,3,4)(H,5,6). The lowest BCUT2D eigenvalue weighted by Crippen LogP contribution is -2.13. The molecule has 0 aromatic heterocycles. The number of hydrogen-bond acceptors (Lipinski definition) is 5. The van der Waals surface area contributed by atoms with E-state index in [1.54, 1.807) is 19.1 Å². The summed E-state index contributed by atoms with van der Waals surface area (Å²) in [6, 6.07) is 15.5. The Kier molecular flexibility index (Phi) is 12.4. The highest BCUT2D eigenvalue weighted by molar-refractivity contribution is 6.27. The van der Waals surface area contributed by atoms with E-state index >= 15 is 0 Å². The van der Waals surface area contributed by atoms with E-state index in [2.05, 4.69) is 49.3 Å². The molecule has 7 nitrogen and oxygen atoms in total. The number of phenols is 1. The smallest absolute Gasteiger partial charge is 0.414 e. The van der Waals surface area contributed by atoms with E-state index in [1.807, 2.05) is 0 Å². The van der Waals surface area contributed by atoms with Crippen LogP contribution in [-0.4, -0.2) is 58.6 Å². The molecule has 0 bridgehead atoms. The number of rotatable bonds is 5. The van der Waals surface area contributed by atoms with Crippen molar-refractivity contribution in [2.75, 3.05) is 20.6 Å². The number of Topliss-reactive ketones (excluding diaryl/α,β-unsaturated/α-hetero) is 1. The zero-order chi connectivity index (χ0) is 22.4. The number of nitrogens with zero attached hydrogens (tertiary/aromatic N) is 1. The Labute approximate surface area is 171 Å². The van der Waals surface area contributed by atoms with Crippen LogP contribution in [0, 0.1) is 6.92 Å². The Morgan fingerprint density at radius 3 is 1.90 bits per heavy atom. The van der Waals surface area contributed by atoms with Crippen molar-refractivity contribution < 1.29 is 29.7 Å². The van der Waals surface area contributed by atoms with Crippen LogP contribution in [0.5, 0.6) is 5.75 Å². The lowest BCUT2D eigenvalue weighted by atomic mass is 10.1. The van der Waals surface area contributed by atoms with Crippen molar-refractivity contribution >= 4 is 17.7 Å². The van der Waals surface area contributed by atoms with Gasteiger partial charge in [0.05, 0.1) is 0 Å². The highest BCUT2D eigenvalue weighted by Gasteiger charge is 2.04. The number of phenolic OH excluding ortho intramolecular Hbond substituents is 1. The second kappa shape index (κ2) is 13.9. The third-order valence-electron chi connectivity index (χ3n) is 3.70. The molecule has 0 aliphatic carbocycles. The Bertz CT molecular complexity index is 775. The van der Waals surface area contributed by atoms with Gasteiger partial charge in [-0.1, -0.05) is 30.3 Å². The van der Waals surface area contributed by atoms with Crippen molar-refractivity contribution in [2.45, 2.75) is 26.7 Å². The van der Waals surface area contributed by atoms with E-state index < -0.39 is 11.9 Å². The van der Waals surface area contributed by atoms with Crippen LogP contribution >= 0.6 is 0 Å². The Hall–Kier alpha value is -3.19. The molecule has 0 aliphatic heterocycles. The summed E-state index contributed by atoms with van der Waals surface area (Å²) in [5.41, 5.74) is 2.82. The van der Waals surface area contributed by atoms with Gasteiger partial charge in [0.2, 0.25) is 0 Å². The number of carbonyl (C=O) groups is 3. The van der Waals surface area contributed by atoms with Gasteiger partial charge in [0.1, 0.15) is 5.75 Å². The minimum Gasteiger partial charge on any atom is -0.508 e. The number of hydrogen-bond donors (Lipinski definition) is 3. The van der Waals surface area contributed by atoms with Crippen molar-refractivity contribution in [3.05, 3.63) is 65.2 Å². The van der Waals surface area contributed by atoms with E-state index in [9.17, 15) is 4.79 Å². The predicted octanol–water partition coefficient (Wildman–Crippen LogP) is 3.24. The third-order valence-corrected chi connectivity index (χ3v) is 3.70. The van der Waals surface area contributed by atoms with Crippen molar-refractivity contribution in [1.29, 1.82) is 0 Å². The molecular formula is C22H29NO6. The Morgan fingerprint density at radius 2 is 1.48 bits per heavy atom. The van der Waals surface area contributed by atoms with Gasteiger partial charge in [0.25, 0.3) is 0 Å². The Morgan fingerprint density at radius 1 is 0.931 bits per heavy atom. The number of carboxylic acid groups (broad SMARTS) is 2. The maximum atomic E-state index is 10.8. The molecule has 2 aromatic rings. The van der Waals surface area contributed by atoms with Crippen LogP contribution in [0.1, 0.15) is 34.8 Å². The van der Waals surface area contributed by atoms with Crippen molar-refractivity contribution in [3.8, 4) is 5.75 Å². The highest BCUT2D eigenvalue weighted by Crippen LogP contribution is 2.16. The molecule has 0 amide bonds. The Balaban J connectivity index is 0.000000430. The van der Waals surface area contributed by atoms with Crippen LogP contribution in [0.4, 0.5) is 0 Å². The molecule has 0 saturated carbocycles. The molecule has 0 heterocycles. The van der Waals surface area contributed by atoms with Crippen molar-refractivity contribution in [1.82, 2.24) is 4.90 Å². The number of benzene rings is 2. The average molecular weight is 403 g/mol. The number of aromatic hydroxyl groups is 1. The molecular weight excluding hydrogens is 374 g/mol. The monoisotopic (exact) mass is 403 g/mol. The molecule has 7 heteroatoms. The summed E-state index contributed by atoms with van der Waals surface area (Å²) in [6.45, 7) is 4.45. The zero-order valence-electron chi connectivity index (χ0n) is 17.3. The molecule has 0 saturated heterocycles. The molecule has 3 N–H and O–H groups in total. The number of carbonyl (C=O) groups excluding carboxylic acids is 1. The minimum atomic E-state index is -1.82. The second-order valence-electron chi connectivity index (χ2n) is 6.56. The van der Waals surface area contributed by atoms with Gasteiger partial charge < -0.3 is 20.2 Å². The SMILES string of the molecule is CC(=O)c1ccc(O)c(C)c1.CN(C)CCCc1ccccc1.O=C(O)C(=O)O. The minimum absolute atomic E-state index is 0.0214. The van der Waals surface area contributed by atoms with Gasteiger partial charge in [0, 0.05) is 5.56 Å². The highest BCUT2D eigenvalue weighted by atomic mass is 16.4.